The zero-order valence-electron chi connectivity index (χ0n) is 15.1. The van der Waals surface area contributed by atoms with Crippen molar-refractivity contribution in [3.8, 4) is 17.1 Å². The Balaban J connectivity index is 1.60. The molecule has 0 bridgehead atoms. The lowest BCUT2D eigenvalue weighted by Gasteiger charge is -2.09. The molecule has 28 heavy (non-hydrogen) atoms. The molecular weight excluding hydrogens is 361 g/mol. The minimum absolute atomic E-state index is 0.335. The van der Waals surface area contributed by atoms with E-state index in [0.29, 0.717) is 30.7 Å². The van der Waals surface area contributed by atoms with Crippen molar-refractivity contribution in [3.63, 3.8) is 0 Å². The van der Waals surface area contributed by atoms with E-state index in [4.69, 9.17) is 21.2 Å². The SMILES string of the molecule is Cc1nc2ccc(-c3cc(N)nc(N)c3)nc2n1CCOc1ccc(F)cn1. The summed E-state index contributed by atoms with van der Waals surface area (Å²) in [5.41, 5.74) is 14.6. The van der Waals surface area contributed by atoms with Gasteiger partial charge in [-0.25, -0.2) is 24.3 Å². The molecule has 0 aliphatic carbocycles. The van der Waals surface area contributed by atoms with Gasteiger partial charge in [-0.1, -0.05) is 0 Å². The van der Waals surface area contributed by atoms with E-state index < -0.39 is 5.82 Å². The normalized spacial score (nSPS) is 11.1. The predicted octanol–water partition coefficient (Wildman–Crippen LogP) is 2.58. The number of nitrogen functional groups attached to an aromatic ring is 2. The summed E-state index contributed by atoms with van der Waals surface area (Å²) >= 11 is 0. The van der Waals surface area contributed by atoms with Crippen LogP contribution in [0.2, 0.25) is 0 Å². The summed E-state index contributed by atoms with van der Waals surface area (Å²) in [5.74, 6) is 1.44. The monoisotopic (exact) mass is 379 g/mol. The molecule has 0 aliphatic heterocycles. The van der Waals surface area contributed by atoms with Crippen molar-refractivity contribution in [2.75, 3.05) is 18.1 Å². The molecule has 4 N–H and O–H groups in total. The quantitative estimate of drug-likeness (QED) is 0.547. The number of anilines is 2. The Morgan fingerprint density at radius 1 is 1.04 bits per heavy atom. The molecule has 0 aliphatic rings. The standard InChI is InChI=1S/C19H18FN7O/c1-11-24-15-4-3-14(12-8-16(21)26-17(22)9-12)25-19(15)27(11)6-7-28-18-5-2-13(20)10-23-18/h2-5,8-10H,6-7H2,1H3,(H4,21,22,26). The summed E-state index contributed by atoms with van der Waals surface area (Å²) in [6, 6.07) is 10.0. The van der Waals surface area contributed by atoms with Gasteiger partial charge in [0, 0.05) is 11.6 Å². The summed E-state index contributed by atoms with van der Waals surface area (Å²) in [4.78, 5) is 17.1. The molecule has 4 aromatic rings. The Kier molecular flexibility index (Phi) is 4.48. The molecule has 0 atom stereocenters. The second-order valence-electron chi connectivity index (χ2n) is 6.22. The van der Waals surface area contributed by atoms with Crippen molar-refractivity contribution in [1.82, 2.24) is 24.5 Å². The van der Waals surface area contributed by atoms with Crippen molar-refractivity contribution >= 4 is 22.8 Å². The molecule has 0 amide bonds. The van der Waals surface area contributed by atoms with Gasteiger partial charge in [-0.15, -0.1) is 0 Å². The first-order valence-corrected chi connectivity index (χ1v) is 8.61. The fourth-order valence-corrected chi connectivity index (χ4v) is 2.95. The van der Waals surface area contributed by atoms with Crippen LogP contribution in [0.15, 0.2) is 42.6 Å². The first-order valence-electron chi connectivity index (χ1n) is 8.61. The average molecular weight is 379 g/mol. The Morgan fingerprint density at radius 3 is 2.54 bits per heavy atom. The number of nitrogens with two attached hydrogens (primary N) is 2. The highest BCUT2D eigenvalue weighted by Gasteiger charge is 2.12. The number of aryl methyl sites for hydroxylation is 1. The highest BCUT2D eigenvalue weighted by molar-refractivity contribution is 5.77. The number of nitrogens with zero attached hydrogens (tertiary/aromatic N) is 5. The van der Waals surface area contributed by atoms with E-state index in [9.17, 15) is 4.39 Å². The van der Waals surface area contributed by atoms with E-state index in [1.54, 1.807) is 12.1 Å². The molecule has 9 heteroatoms. The predicted molar refractivity (Wildman–Crippen MR) is 104 cm³/mol. The van der Waals surface area contributed by atoms with E-state index >= 15 is 0 Å². The minimum Gasteiger partial charge on any atom is -0.476 e. The van der Waals surface area contributed by atoms with Gasteiger partial charge in [0.1, 0.15) is 35.4 Å². The molecule has 0 saturated heterocycles. The number of fused-ring (bicyclic) bond motifs is 1. The summed E-state index contributed by atoms with van der Waals surface area (Å²) in [5, 5.41) is 0. The van der Waals surface area contributed by atoms with E-state index in [1.165, 1.54) is 12.1 Å². The van der Waals surface area contributed by atoms with Crippen LogP contribution in [0.5, 0.6) is 5.88 Å². The van der Waals surface area contributed by atoms with Gasteiger partial charge in [0.2, 0.25) is 5.88 Å². The maximum absolute atomic E-state index is 12.9. The van der Waals surface area contributed by atoms with E-state index in [-0.39, 0.29) is 0 Å². The van der Waals surface area contributed by atoms with Crippen LogP contribution in [0.1, 0.15) is 5.82 Å². The first-order chi connectivity index (χ1) is 13.5. The van der Waals surface area contributed by atoms with Crippen molar-refractivity contribution in [2.24, 2.45) is 0 Å². The lowest BCUT2D eigenvalue weighted by molar-refractivity contribution is 0.287. The van der Waals surface area contributed by atoms with Crippen LogP contribution in [-0.2, 0) is 6.54 Å². The molecule has 0 aromatic carbocycles. The highest BCUT2D eigenvalue weighted by Crippen LogP contribution is 2.24. The fraction of sp³-hybridized carbons (Fsp3) is 0.158. The molecule has 4 aromatic heterocycles. The maximum atomic E-state index is 12.9. The third-order valence-electron chi connectivity index (χ3n) is 4.21. The topological polar surface area (TPSA) is 118 Å². The second-order valence-corrected chi connectivity index (χ2v) is 6.22. The summed E-state index contributed by atoms with van der Waals surface area (Å²) < 4.78 is 20.5. The van der Waals surface area contributed by atoms with Gasteiger partial charge in [0.25, 0.3) is 0 Å². The maximum Gasteiger partial charge on any atom is 0.213 e. The van der Waals surface area contributed by atoms with Crippen molar-refractivity contribution in [3.05, 3.63) is 54.2 Å². The van der Waals surface area contributed by atoms with E-state index in [0.717, 1.165) is 34.4 Å². The van der Waals surface area contributed by atoms with Crippen LogP contribution >= 0.6 is 0 Å². The van der Waals surface area contributed by atoms with E-state index in [2.05, 4.69) is 15.0 Å². The Bertz CT molecular complexity index is 1120. The van der Waals surface area contributed by atoms with Gasteiger partial charge in [-0.2, -0.15) is 0 Å². The van der Waals surface area contributed by atoms with Gasteiger partial charge in [-0.05, 0) is 37.3 Å². The largest absolute Gasteiger partial charge is 0.476 e. The zero-order chi connectivity index (χ0) is 19.7. The molecule has 0 unspecified atom stereocenters. The van der Waals surface area contributed by atoms with Gasteiger partial charge in [0.15, 0.2) is 5.65 Å². The molecular formula is C19H18FN7O. The Hall–Kier alpha value is -3.75. The molecule has 0 saturated carbocycles. The average Bonchev–Trinajstić information content (AvgIpc) is 2.97. The summed E-state index contributed by atoms with van der Waals surface area (Å²) in [6.07, 6.45) is 1.12. The van der Waals surface area contributed by atoms with Crippen LogP contribution in [0, 0.1) is 12.7 Å². The Morgan fingerprint density at radius 2 is 1.82 bits per heavy atom. The van der Waals surface area contributed by atoms with Crippen LogP contribution in [0.25, 0.3) is 22.4 Å². The smallest absolute Gasteiger partial charge is 0.213 e. The third-order valence-corrected chi connectivity index (χ3v) is 4.21. The number of hydrogen-bond donors (Lipinski definition) is 2. The lowest BCUT2D eigenvalue weighted by atomic mass is 10.1. The zero-order valence-corrected chi connectivity index (χ0v) is 15.1. The number of aromatic nitrogens is 5. The summed E-state index contributed by atoms with van der Waals surface area (Å²) in [7, 11) is 0. The number of halogens is 1. The summed E-state index contributed by atoms with van der Waals surface area (Å²) in [6.45, 7) is 2.75. The van der Waals surface area contributed by atoms with Crippen molar-refractivity contribution < 1.29 is 9.13 Å². The van der Waals surface area contributed by atoms with Crippen molar-refractivity contribution in [1.29, 1.82) is 0 Å². The molecule has 8 nitrogen and oxygen atoms in total. The molecule has 0 spiro atoms. The Labute approximate surface area is 160 Å². The highest BCUT2D eigenvalue weighted by atomic mass is 19.1. The van der Waals surface area contributed by atoms with E-state index in [1.807, 2.05) is 23.6 Å². The van der Waals surface area contributed by atoms with Crippen LogP contribution in [-0.4, -0.2) is 31.1 Å². The van der Waals surface area contributed by atoms with Crippen LogP contribution in [0.4, 0.5) is 16.0 Å². The van der Waals surface area contributed by atoms with Crippen molar-refractivity contribution in [2.45, 2.75) is 13.5 Å². The van der Waals surface area contributed by atoms with Gasteiger partial charge < -0.3 is 20.8 Å². The molecule has 0 fully saturated rings. The van der Waals surface area contributed by atoms with Gasteiger partial charge in [0.05, 0.1) is 18.4 Å². The minimum atomic E-state index is -0.405. The van der Waals surface area contributed by atoms with Gasteiger partial charge in [-0.3, -0.25) is 0 Å². The molecule has 0 radical (unpaired) electrons. The number of rotatable bonds is 5. The third kappa shape index (κ3) is 3.54. The van der Waals surface area contributed by atoms with Crippen LogP contribution in [0.3, 0.4) is 0 Å². The number of hydrogen-bond acceptors (Lipinski definition) is 7. The molecule has 4 rings (SSSR count). The second kappa shape index (κ2) is 7.10. The molecule has 142 valence electrons. The fourth-order valence-electron chi connectivity index (χ4n) is 2.95. The molecule has 4 heterocycles. The number of imidazole rings is 1. The first kappa shape index (κ1) is 17.7. The van der Waals surface area contributed by atoms with Crippen LogP contribution < -0.4 is 16.2 Å². The van der Waals surface area contributed by atoms with Gasteiger partial charge >= 0.3 is 0 Å². The lowest BCUT2D eigenvalue weighted by Crippen LogP contribution is -2.10. The number of ether oxygens (including phenoxy) is 1. The number of pyridine rings is 3.